The Hall–Kier alpha value is -1.33. The maximum absolute atomic E-state index is 13.6. The Morgan fingerprint density at radius 3 is 2.71 bits per heavy atom. The fourth-order valence-electron chi connectivity index (χ4n) is 1.54. The van der Waals surface area contributed by atoms with Crippen LogP contribution in [0.25, 0.3) is 0 Å². The molecule has 1 unspecified atom stereocenters. The smallest absolute Gasteiger partial charge is 0.163 e. The molecule has 0 amide bonds. The van der Waals surface area contributed by atoms with Gasteiger partial charge in [-0.2, -0.15) is 0 Å². The first-order chi connectivity index (χ1) is 8.09. The molecular weight excluding hydrogens is 290 g/mol. The summed E-state index contributed by atoms with van der Waals surface area (Å²) >= 11 is 3.25. The maximum Gasteiger partial charge on any atom is 0.163 e. The van der Waals surface area contributed by atoms with Crippen molar-refractivity contribution in [3.8, 4) is 0 Å². The summed E-state index contributed by atoms with van der Waals surface area (Å²) in [5, 5.41) is 0. The van der Waals surface area contributed by atoms with E-state index >= 15 is 0 Å². The minimum absolute atomic E-state index is 0.116. The first-order valence-corrected chi connectivity index (χ1v) is 5.69. The normalized spacial score (nSPS) is 12.5. The van der Waals surface area contributed by atoms with E-state index in [9.17, 15) is 8.78 Å². The van der Waals surface area contributed by atoms with E-state index in [1.807, 2.05) is 0 Å². The summed E-state index contributed by atoms with van der Waals surface area (Å²) in [7, 11) is 0. The molecule has 0 aliphatic heterocycles. The average molecular weight is 299 g/mol. The molecule has 0 radical (unpaired) electrons. The highest BCUT2D eigenvalue weighted by atomic mass is 79.9. The molecule has 0 aliphatic carbocycles. The standard InChI is InChI=1S/C12H9BrF2N2/c13-8-4-7(5-17-6-8)12(16)9-2-1-3-10(14)11(9)15/h1-6,12H,16H2. The number of hydrogen-bond acceptors (Lipinski definition) is 2. The van der Waals surface area contributed by atoms with E-state index in [1.54, 1.807) is 12.3 Å². The molecule has 0 saturated carbocycles. The fourth-order valence-corrected chi connectivity index (χ4v) is 1.92. The highest BCUT2D eigenvalue weighted by Crippen LogP contribution is 2.24. The van der Waals surface area contributed by atoms with Crippen molar-refractivity contribution in [2.45, 2.75) is 6.04 Å². The summed E-state index contributed by atoms with van der Waals surface area (Å²) in [4.78, 5) is 3.94. The second-order valence-corrected chi connectivity index (χ2v) is 4.47. The van der Waals surface area contributed by atoms with Crippen LogP contribution < -0.4 is 5.73 Å². The first-order valence-electron chi connectivity index (χ1n) is 4.89. The van der Waals surface area contributed by atoms with Crippen LogP contribution in [-0.2, 0) is 0 Å². The number of rotatable bonds is 2. The van der Waals surface area contributed by atoms with E-state index in [2.05, 4.69) is 20.9 Å². The van der Waals surface area contributed by atoms with E-state index in [4.69, 9.17) is 5.73 Å². The van der Waals surface area contributed by atoms with E-state index in [1.165, 1.54) is 18.3 Å². The fraction of sp³-hybridized carbons (Fsp3) is 0.0833. The zero-order valence-electron chi connectivity index (χ0n) is 8.70. The molecule has 1 aromatic carbocycles. The van der Waals surface area contributed by atoms with Gasteiger partial charge in [0.15, 0.2) is 11.6 Å². The van der Waals surface area contributed by atoms with E-state index in [-0.39, 0.29) is 5.56 Å². The molecule has 2 rings (SSSR count). The first kappa shape index (κ1) is 12.1. The summed E-state index contributed by atoms with van der Waals surface area (Å²) in [6, 6.07) is 4.94. The Labute approximate surface area is 106 Å². The summed E-state index contributed by atoms with van der Waals surface area (Å²) in [5.41, 5.74) is 6.62. The minimum Gasteiger partial charge on any atom is -0.320 e. The SMILES string of the molecule is NC(c1cncc(Br)c1)c1cccc(F)c1F. The van der Waals surface area contributed by atoms with Crippen molar-refractivity contribution in [1.82, 2.24) is 4.98 Å². The van der Waals surface area contributed by atoms with Gasteiger partial charge < -0.3 is 5.73 Å². The Morgan fingerprint density at radius 1 is 1.24 bits per heavy atom. The minimum atomic E-state index is -0.917. The van der Waals surface area contributed by atoms with Crippen LogP contribution in [0, 0.1) is 11.6 Å². The van der Waals surface area contributed by atoms with Gasteiger partial charge in [0.2, 0.25) is 0 Å². The van der Waals surface area contributed by atoms with Gasteiger partial charge >= 0.3 is 0 Å². The van der Waals surface area contributed by atoms with Crippen LogP contribution in [0.1, 0.15) is 17.2 Å². The largest absolute Gasteiger partial charge is 0.320 e. The van der Waals surface area contributed by atoms with E-state index in [0.717, 1.165) is 10.5 Å². The monoisotopic (exact) mass is 298 g/mol. The van der Waals surface area contributed by atoms with Crippen LogP contribution in [0.4, 0.5) is 8.78 Å². The predicted octanol–water partition coefficient (Wildman–Crippen LogP) is 3.17. The lowest BCUT2D eigenvalue weighted by Crippen LogP contribution is -2.14. The molecular formula is C12H9BrF2N2. The predicted molar refractivity (Wildman–Crippen MR) is 64.3 cm³/mol. The lowest BCUT2D eigenvalue weighted by atomic mass is 10.0. The van der Waals surface area contributed by atoms with Gasteiger partial charge in [0.25, 0.3) is 0 Å². The van der Waals surface area contributed by atoms with Gasteiger partial charge in [-0.15, -0.1) is 0 Å². The number of hydrogen-bond donors (Lipinski definition) is 1. The second kappa shape index (κ2) is 4.89. The molecule has 1 aromatic heterocycles. The second-order valence-electron chi connectivity index (χ2n) is 3.56. The molecule has 1 heterocycles. The Kier molecular flexibility index (Phi) is 3.49. The molecule has 2 aromatic rings. The van der Waals surface area contributed by atoms with Crippen LogP contribution in [-0.4, -0.2) is 4.98 Å². The molecule has 0 spiro atoms. The number of nitrogens with zero attached hydrogens (tertiary/aromatic N) is 1. The van der Waals surface area contributed by atoms with Crippen LogP contribution in [0.2, 0.25) is 0 Å². The van der Waals surface area contributed by atoms with Gasteiger partial charge in [0, 0.05) is 22.4 Å². The number of nitrogens with two attached hydrogens (primary N) is 1. The summed E-state index contributed by atoms with van der Waals surface area (Å²) in [5.74, 6) is -1.82. The van der Waals surface area contributed by atoms with Crippen LogP contribution in [0.5, 0.6) is 0 Å². The highest BCUT2D eigenvalue weighted by molar-refractivity contribution is 9.10. The molecule has 0 saturated heterocycles. The van der Waals surface area contributed by atoms with Crippen molar-refractivity contribution in [3.05, 3.63) is 63.9 Å². The third-order valence-corrected chi connectivity index (χ3v) is 2.84. The lowest BCUT2D eigenvalue weighted by molar-refractivity contribution is 0.494. The van der Waals surface area contributed by atoms with Crippen molar-refractivity contribution in [1.29, 1.82) is 0 Å². The lowest BCUT2D eigenvalue weighted by Gasteiger charge is -2.13. The molecule has 17 heavy (non-hydrogen) atoms. The van der Waals surface area contributed by atoms with Crippen molar-refractivity contribution in [3.63, 3.8) is 0 Å². The van der Waals surface area contributed by atoms with Gasteiger partial charge in [0.1, 0.15) is 0 Å². The van der Waals surface area contributed by atoms with Crippen molar-refractivity contribution < 1.29 is 8.78 Å². The Bertz CT molecular complexity index is 546. The highest BCUT2D eigenvalue weighted by Gasteiger charge is 2.16. The van der Waals surface area contributed by atoms with Crippen LogP contribution in [0.15, 0.2) is 41.1 Å². The zero-order chi connectivity index (χ0) is 12.4. The Morgan fingerprint density at radius 2 is 2.00 bits per heavy atom. The third kappa shape index (κ3) is 2.50. The summed E-state index contributed by atoms with van der Waals surface area (Å²) in [6.07, 6.45) is 3.12. The van der Waals surface area contributed by atoms with Crippen molar-refractivity contribution in [2.75, 3.05) is 0 Å². The van der Waals surface area contributed by atoms with Crippen molar-refractivity contribution in [2.24, 2.45) is 5.73 Å². The van der Waals surface area contributed by atoms with E-state index in [0.29, 0.717) is 5.56 Å². The quantitative estimate of drug-likeness (QED) is 0.925. The van der Waals surface area contributed by atoms with Crippen molar-refractivity contribution >= 4 is 15.9 Å². The van der Waals surface area contributed by atoms with Gasteiger partial charge in [0.05, 0.1) is 6.04 Å². The Balaban J connectivity index is 2.44. The number of pyridine rings is 1. The molecule has 0 fully saturated rings. The van der Waals surface area contributed by atoms with Gasteiger partial charge in [-0.25, -0.2) is 8.78 Å². The number of halogens is 3. The van der Waals surface area contributed by atoms with E-state index < -0.39 is 17.7 Å². The third-order valence-electron chi connectivity index (χ3n) is 2.40. The maximum atomic E-state index is 13.6. The topological polar surface area (TPSA) is 38.9 Å². The molecule has 5 heteroatoms. The number of benzene rings is 1. The summed E-state index contributed by atoms with van der Waals surface area (Å²) in [6.45, 7) is 0. The zero-order valence-corrected chi connectivity index (χ0v) is 10.3. The molecule has 88 valence electrons. The summed E-state index contributed by atoms with van der Waals surface area (Å²) < 4.78 is 27.4. The molecule has 0 bridgehead atoms. The molecule has 2 N–H and O–H groups in total. The molecule has 0 aliphatic rings. The molecule has 1 atom stereocenters. The average Bonchev–Trinajstić information content (AvgIpc) is 2.32. The molecule has 2 nitrogen and oxygen atoms in total. The van der Waals surface area contributed by atoms with Gasteiger partial charge in [-0.05, 0) is 33.6 Å². The number of aromatic nitrogens is 1. The van der Waals surface area contributed by atoms with Gasteiger partial charge in [-0.3, -0.25) is 4.98 Å². The van der Waals surface area contributed by atoms with Crippen LogP contribution >= 0.6 is 15.9 Å². The van der Waals surface area contributed by atoms with Gasteiger partial charge in [-0.1, -0.05) is 12.1 Å². The van der Waals surface area contributed by atoms with Crippen LogP contribution in [0.3, 0.4) is 0 Å².